The van der Waals surface area contributed by atoms with Crippen molar-refractivity contribution in [2.45, 2.75) is 5.16 Å². The van der Waals surface area contributed by atoms with Gasteiger partial charge >= 0.3 is 0 Å². The molecule has 3 aromatic rings. The maximum Gasteiger partial charge on any atom is 0.234 e. The predicted octanol–water partition coefficient (Wildman–Crippen LogP) is 4.76. The van der Waals surface area contributed by atoms with Crippen molar-refractivity contribution >= 4 is 73.7 Å². The Hall–Kier alpha value is -1.28. The molecule has 2 aromatic heterocycles. The highest BCUT2D eigenvalue weighted by Crippen LogP contribution is 2.24. The lowest BCUT2D eigenvalue weighted by Gasteiger charge is -2.05. The molecule has 0 saturated carbocycles. The maximum atomic E-state index is 12.0. The summed E-state index contributed by atoms with van der Waals surface area (Å²) in [7, 11) is 0. The summed E-state index contributed by atoms with van der Waals surface area (Å²) in [5, 5.41) is 4.31. The molecule has 0 bridgehead atoms. The molecule has 2 N–H and O–H groups in total. The van der Waals surface area contributed by atoms with Crippen LogP contribution in [0.15, 0.2) is 40.1 Å². The van der Waals surface area contributed by atoms with Crippen molar-refractivity contribution in [1.29, 1.82) is 0 Å². The summed E-state index contributed by atoms with van der Waals surface area (Å²) in [4.78, 5) is 23.6. The molecule has 1 aromatic carbocycles. The van der Waals surface area contributed by atoms with Gasteiger partial charge in [0.1, 0.15) is 0 Å². The van der Waals surface area contributed by atoms with Crippen LogP contribution in [0.5, 0.6) is 0 Å². The third-order valence-electron chi connectivity index (χ3n) is 2.77. The van der Waals surface area contributed by atoms with E-state index in [2.05, 4.69) is 36.2 Å². The molecule has 2 heterocycles. The highest BCUT2D eigenvalue weighted by atomic mass is 79.9. The van der Waals surface area contributed by atoms with Crippen molar-refractivity contribution in [1.82, 2.24) is 15.0 Å². The van der Waals surface area contributed by atoms with Gasteiger partial charge in [-0.2, -0.15) is 0 Å². The Bertz CT molecular complexity index is 866. The second kappa shape index (κ2) is 7.09. The molecule has 0 aliphatic heterocycles. The SMILES string of the molecule is O=C(CSc1nc2ncc(Br)cc2[nH]1)Nc1cc(Cl)cc(Cl)c1. The van der Waals surface area contributed by atoms with E-state index in [1.165, 1.54) is 11.8 Å². The second-order valence-electron chi connectivity index (χ2n) is 4.56. The molecule has 0 fully saturated rings. The van der Waals surface area contributed by atoms with Crippen molar-refractivity contribution in [3.05, 3.63) is 45.0 Å². The van der Waals surface area contributed by atoms with Crippen LogP contribution in [-0.4, -0.2) is 26.6 Å². The molecule has 0 radical (unpaired) electrons. The summed E-state index contributed by atoms with van der Waals surface area (Å²) < 4.78 is 0.862. The van der Waals surface area contributed by atoms with Crippen molar-refractivity contribution in [2.24, 2.45) is 0 Å². The van der Waals surface area contributed by atoms with Gasteiger partial charge < -0.3 is 10.3 Å². The standard InChI is InChI=1S/C14H9BrCl2N4OS/c15-7-1-11-13(18-5-7)21-14(20-11)23-6-12(22)19-10-3-8(16)2-9(17)4-10/h1-5H,6H2,(H,19,22)(H,18,20,21). The largest absolute Gasteiger partial charge is 0.331 e. The number of hydrogen-bond donors (Lipinski definition) is 2. The number of anilines is 1. The average Bonchev–Trinajstić information content (AvgIpc) is 2.86. The fraction of sp³-hybridized carbons (Fsp3) is 0.0714. The Kier molecular flexibility index (Phi) is 5.11. The third-order valence-corrected chi connectivity index (χ3v) is 4.51. The number of halogens is 3. The number of H-pyrrole nitrogens is 1. The number of amides is 1. The number of aromatic amines is 1. The van der Waals surface area contributed by atoms with Gasteiger partial charge in [0.15, 0.2) is 10.8 Å². The minimum absolute atomic E-state index is 0.178. The highest BCUT2D eigenvalue weighted by Gasteiger charge is 2.09. The van der Waals surface area contributed by atoms with Crippen LogP contribution in [0.3, 0.4) is 0 Å². The van der Waals surface area contributed by atoms with Crippen LogP contribution in [-0.2, 0) is 4.79 Å². The lowest BCUT2D eigenvalue weighted by atomic mass is 10.3. The van der Waals surface area contributed by atoms with Gasteiger partial charge in [-0.25, -0.2) is 9.97 Å². The third kappa shape index (κ3) is 4.38. The predicted molar refractivity (Wildman–Crippen MR) is 97.4 cm³/mol. The van der Waals surface area contributed by atoms with Crippen LogP contribution in [0, 0.1) is 0 Å². The van der Waals surface area contributed by atoms with Crippen molar-refractivity contribution in [3.63, 3.8) is 0 Å². The zero-order valence-electron chi connectivity index (χ0n) is 11.4. The zero-order valence-corrected chi connectivity index (χ0v) is 15.4. The van der Waals surface area contributed by atoms with Gasteiger partial charge in [-0.3, -0.25) is 4.79 Å². The van der Waals surface area contributed by atoms with E-state index < -0.39 is 0 Å². The number of fused-ring (bicyclic) bond motifs is 1. The molecule has 0 saturated heterocycles. The van der Waals surface area contributed by atoms with Crippen LogP contribution in [0.1, 0.15) is 0 Å². The Labute approximate surface area is 154 Å². The Balaban J connectivity index is 1.63. The lowest BCUT2D eigenvalue weighted by molar-refractivity contribution is -0.113. The number of nitrogens with zero attached hydrogens (tertiary/aromatic N) is 2. The summed E-state index contributed by atoms with van der Waals surface area (Å²) in [6.07, 6.45) is 1.67. The molecule has 3 rings (SSSR count). The van der Waals surface area contributed by atoms with E-state index in [9.17, 15) is 4.79 Å². The number of rotatable bonds is 4. The fourth-order valence-electron chi connectivity index (χ4n) is 1.88. The summed E-state index contributed by atoms with van der Waals surface area (Å²) in [5.74, 6) is 0.0217. The number of hydrogen-bond acceptors (Lipinski definition) is 4. The zero-order chi connectivity index (χ0) is 16.4. The smallest absolute Gasteiger partial charge is 0.234 e. The number of carbonyl (C=O) groups is 1. The first kappa shape index (κ1) is 16.6. The van der Waals surface area contributed by atoms with Gasteiger partial charge in [0.05, 0.1) is 11.3 Å². The molecule has 5 nitrogen and oxygen atoms in total. The molecule has 0 spiro atoms. The van der Waals surface area contributed by atoms with E-state index in [0.717, 1.165) is 9.99 Å². The number of thioether (sulfide) groups is 1. The minimum atomic E-state index is -0.178. The van der Waals surface area contributed by atoms with Gasteiger partial charge in [-0.05, 0) is 40.2 Å². The monoisotopic (exact) mass is 430 g/mol. The molecular formula is C14H9BrCl2N4OS. The van der Waals surface area contributed by atoms with Gasteiger partial charge in [-0.15, -0.1) is 0 Å². The lowest BCUT2D eigenvalue weighted by Crippen LogP contribution is -2.14. The number of imidazole rings is 1. The van der Waals surface area contributed by atoms with Crippen LogP contribution in [0.2, 0.25) is 10.0 Å². The summed E-state index contributed by atoms with van der Waals surface area (Å²) in [6, 6.07) is 6.76. The first-order chi connectivity index (χ1) is 11.0. The molecule has 0 unspecified atom stereocenters. The van der Waals surface area contributed by atoms with Gasteiger partial charge in [0.2, 0.25) is 5.91 Å². The Morgan fingerprint density at radius 3 is 2.74 bits per heavy atom. The molecule has 9 heteroatoms. The Morgan fingerprint density at radius 2 is 2.00 bits per heavy atom. The Morgan fingerprint density at radius 1 is 1.26 bits per heavy atom. The van der Waals surface area contributed by atoms with E-state index in [4.69, 9.17) is 23.2 Å². The van der Waals surface area contributed by atoms with Crippen molar-refractivity contribution < 1.29 is 4.79 Å². The average molecular weight is 432 g/mol. The van der Waals surface area contributed by atoms with E-state index >= 15 is 0 Å². The number of pyridine rings is 1. The van der Waals surface area contributed by atoms with Crippen molar-refractivity contribution in [3.8, 4) is 0 Å². The van der Waals surface area contributed by atoms with E-state index in [-0.39, 0.29) is 11.7 Å². The first-order valence-electron chi connectivity index (χ1n) is 6.39. The number of nitrogens with one attached hydrogen (secondary N) is 2. The quantitative estimate of drug-likeness (QED) is 0.584. The molecule has 0 atom stereocenters. The molecular weight excluding hydrogens is 423 g/mol. The summed E-state index contributed by atoms with van der Waals surface area (Å²) >= 11 is 16.4. The summed E-state index contributed by atoms with van der Waals surface area (Å²) in [6.45, 7) is 0. The molecule has 0 aliphatic rings. The molecule has 118 valence electrons. The normalized spacial score (nSPS) is 10.9. The molecule has 23 heavy (non-hydrogen) atoms. The van der Waals surface area contributed by atoms with Crippen LogP contribution in [0.25, 0.3) is 11.2 Å². The van der Waals surface area contributed by atoms with Crippen LogP contribution >= 0.6 is 50.9 Å². The van der Waals surface area contributed by atoms with Crippen LogP contribution in [0.4, 0.5) is 5.69 Å². The molecule has 1 amide bonds. The van der Waals surface area contributed by atoms with E-state index in [0.29, 0.717) is 26.5 Å². The minimum Gasteiger partial charge on any atom is -0.331 e. The van der Waals surface area contributed by atoms with Gasteiger partial charge in [0, 0.05) is 26.4 Å². The molecule has 0 aliphatic carbocycles. The highest BCUT2D eigenvalue weighted by molar-refractivity contribution is 9.10. The number of carbonyl (C=O) groups excluding carboxylic acids is 1. The fourth-order valence-corrected chi connectivity index (χ4v) is 3.41. The van der Waals surface area contributed by atoms with E-state index in [1.54, 1.807) is 24.4 Å². The van der Waals surface area contributed by atoms with E-state index in [1.807, 2.05) is 6.07 Å². The van der Waals surface area contributed by atoms with Gasteiger partial charge in [-0.1, -0.05) is 35.0 Å². The second-order valence-corrected chi connectivity index (χ2v) is 7.31. The number of aromatic nitrogens is 3. The first-order valence-corrected chi connectivity index (χ1v) is 8.93. The topological polar surface area (TPSA) is 70.7 Å². The summed E-state index contributed by atoms with van der Waals surface area (Å²) in [5.41, 5.74) is 1.98. The number of benzene rings is 1. The van der Waals surface area contributed by atoms with Crippen LogP contribution < -0.4 is 5.32 Å². The maximum absolute atomic E-state index is 12.0. The van der Waals surface area contributed by atoms with Crippen molar-refractivity contribution in [2.75, 3.05) is 11.1 Å². The van der Waals surface area contributed by atoms with Gasteiger partial charge in [0.25, 0.3) is 0 Å².